The van der Waals surface area contributed by atoms with Gasteiger partial charge >= 0.3 is 0 Å². The molecule has 0 aromatic heterocycles. The highest BCUT2D eigenvalue weighted by Crippen LogP contribution is 2.13. The first-order valence-electron chi connectivity index (χ1n) is 7.37. The van der Waals surface area contributed by atoms with Crippen LogP contribution in [0.1, 0.15) is 27.2 Å². The van der Waals surface area contributed by atoms with Crippen LogP contribution in [0.4, 0.5) is 5.69 Å². The Morgan fingerprint density at radius 2 is 1.86 bits per heavy atom. The van der Waals surface area contributed by atoms with Crippen LogP contribution in [0.15, 0.2) is 29.2 Å². The van der Waals surface area contributed by atoms with E-state index >= 15 is 0 Å². The van der Waals surface area contributed by atoms with Gasteiger partial charge in [-0.05, 0) is 43.5 Å². The van der Waals surface area contributed by atoms with E-state index in [0.29, 0.717) is 32.1 Å². The van der Waals surface area contributed by atoms with Crippen LogP contribution < -0.4 is 10.0 Å². The summed E-state index contributed by atoms with van der Waals surface area (Å²) in [6.07, 6.45) is 0.668. The van der Waals surface area contributed by atoms with Crippen LogP contribution in [-0.2, 0) is 14.8 Å². The van der Waals surface area contributed by atoms with Crippen LogP contribution in [0.25, 0.3) is 0 Å². The monoisotopic (exact) mass is 314 g/mol. The second-order valence-corrected chi connectivity index (χ2v) is 7.04. The van der Waals surface area contributed by atoms with Crippen molar-refractivity contribution in [3.8, 4) is 0 Å². The van der Waals surface area contributed by atoms with Crippen molar-refractivity contribution < 1.29 is 13.2 Å². The van der Waals surface area contributed by atoms with Crippen molar-refractivity contribution in [3.05, 3.63) is 24.3 Å². The quantitative estimate of drug-likeness (QED) is 0.651. The largest absolute Gasteiger partial charge is 0.385 e. The lowest BCUT2D eigenvalue weighted by Crippen LogP contribution is -2.25. The topological polar surface area (TPSA) is 67.4 Å². The van der Waals surface area contributed by atoms with Crippen molar-refractivity contribution >= 4 is 15.7 Å². The number of hydrogen-bond acceptors (Lipinski definition) is 4. The summed E-state index contributed by atoms with van der Waals surface area (Å²) >= 11 is 0. The molecule has 0 atom stereocenters. The van der Waals surface area contributed by atoms with Crippen molar-refractivity contribution in [1.29, 1.82) is 0 Å². The van der Waals surface area contributed by atoms with Crippen molar-refractivity contribution in [2.75, 3.05) is 31.6 Å². The third kappa shape index (κ3) is 6.93. The van der Waals surface area contributed by atoms with E-state index in [0.717, 1.165) is 12.2 Å². The van der Waals surface area contributed by atoms with Gasteiger partial charge in [0.05, 0.1) is 4.90 Å². The number of hydrogen-bond donors (Lipinski definition) is 2. The molecule has 0 amide bonds. The van der Waals surface area contributed by atoms with Gasteiger partial charge in [0.25, 0.3) is 0 Å². The van der Waals surface area contributed by atoms with Gasteiger partial charge in [0.2, 0.25) is 10.0 Å². The lowest BCUT2D eigenvalue weighted by Gasteiger charge is -2.09. The lowest BCUT2D eigenvalue weighted by molar-refractivity contribution is 0.108. The van der Waals surface area contributed by atoms with Crippen molar-refractivity contribution in [1.82, 2.24) is 4.72 Å². The van der Waals surface area contributed by atoms with E-state index < -0.39 is 10.0 Å². The second-order valence-electron chi connectivity index (χ2n) is 5.27. The minimum Gasteiger partial charge on any atom is -0.385 e. The van der Waals surface area contributed by atoms with Gasteiger partial charge in [-0.2, -0.15) is 0 Å². The predicted octanol–water partition coefficient (Wildman–Crippen LogP) is 2.46. The smallest absolute Gasteiger partial charge is 0.240 e. The molecular formula is C15H26N2O3S. The standard InChI is InChI=1S/C15H26N2O3S/c1-4-16-14-6-8-15(9-7-14)21(18,19)17-10-5-11-20-12-13(2)3/h6-9,13,16-17H,4-5,10-12H2,1-3H3. The fraction of sp³-hybridized carbons (Fsp3) is 0.600. The molecule has 120 valence electrons. The molecule has 1 aromatic carbocycles. The fourth-order valence-electron chi connectivity index (χ4n) is 1.74. The number of benzene rings is 1. The van der Waals surface area contributed by atoms with Crippen LogP contribution >= 0.6 is 0 Å². The Balaban J connectivity index is 2.39. The SMILES string of the molecule is CCNc1ccc(S(=O)(=O)NCCCOCC(C)C)cc1. The number of ether oxygens (including phenoxy) is 1. The number of nitrogens with one attached hydrogen (secondary N) is 2. The van der Waals surface area contributed by atoms with E-state index in [1.165, 1.54) is 0 Å². The Kier molecular flexibility index (Phi) is 7.71. The van der Waals surface area contributed by atoms with Crippen molar-refractivity contribution in [2.45, 2.75) is 32.1 Å². The molecule has 1 aromatic rings. The zero-order valence-corrected chi connectivity index (χ0v) is 13.9. The molecule has 0 bridgehead atoms. The third-order valence-electron chi connectivity index (χ3n) is 2.75. The molecule has 0 saturated carbocycles. The summed E-state index contributed by atoms with van der Waals surface area (Å²) in [6.45, 7) is 8.63. The Hall–Kier alpha value is -1.11. The van der Waals surface area contributed by atoms with Gasteiger partial charge in [-0.15, -0.1) is 0 Å². The van der Waals surface area contributed by atoms with E-state index in [1.54, 1.807) is 24.3 Å². The minimum absolute atomic E-state index is 0.284. The molecule has 0 spiro atoms. The van der Waals surface area contributed by atoms with Crippen LogP contribution in [0.3, 0.4) is 0 Å². The minimum atomic E-state index is -3.43. The molecular weight excluding hydrogens is 288 g/mol. The summed E-state index contributed by atoms with van der Waals surface area (Å²) in [5.74, 6) is 0.497. The average Bonchev–Trinajstić information content (AvgIpc) is 2.43. The summed E-state index contributed by atoms with van der Waals surface area (Å²) < 4.78 is 32.1. The average molecular weight is 314 g/mol. The van der Waals surface area contributed by atoms with Crippen molar-refractivity contribution in [3.63, 3.8) is 0 Å². The van der Waals surface area contributed by atoms with Gasteiger partial charge in [-0.1, -0.05) is 13.8 Å². The molecule has 0 saturated heterocycles. The summed E-state index contributed by atoms with van der Waals surface area (Å²) in [5, 5.41) is 3.13. The molecule has 0 aliphatic heterocycles. The molecule has 21 heavy (non-hydrogen) atoms. The zero-order valence-electron chi connectivity index (χ0n) is 13.1. The molecule has 0 unspecified atom stereocenters. The normalized spacial score (nSPS) is 11.8. The van der Waals surface area contributed by atoms with E-state index in [-0.39, 0.29) is 4.90 Å². The molecule has 0 heterocycles. The first-order chi connectivity index (χ1) is 9.95. The molecule has 5 nitrogen and oxygen atoms in total. The van der Waals surface area contributed by atoms with Crippen LogP contribution in [0.2, 0.25) is 0 Å². The number of rotatable bonds is 10. The highest BCUT2D eigenvalue weighted by Gasteiger charge is 2.12. The van der Waals surface area contributed by atoms with E-state index in [4.69, 9.17) is 4.74 Å². The Bertz CT molecular complexity index is 498. The molecule has 0 aliphatic rings. The fourth-order valence-corrected chi connectivity index (χ4v) is 2.81. The molecule has 6 heteroatoms. The summed E-state index contributed by atoms with van der Waals surface area (Å²) in [7, 11) is -3.43. The van der Waals surface area contributed by atoms with Gasteiger partial charge in [0, 0.05) is 32.0 Å². The predicted molar refractivity (Wildman–Crippen MR) is 86.1 cm³/mol. The molecule has 0 radical (unpaired) electrons. The third-order valence-corrected chi connectivity index (χ3v) is 4.23. The molecule has 0 fully saturated rings. The first-order valence-corrected chi connectivity index (χ1v) is 8.85. The maximum absolute atomic E-state index is 12.1. The number of anilines is 1. The van der Waals surface area contributed by atoms with E-state index in [1.807, 2.05) is 6.92 Å². The number of sulfonamides is 1. The van der Waals surface area contributed by atoms with Gasteiger partial charge in [0.15, 0.2) is 0 Å². The highest BCUT2D eigenvalue weighted by molar-refractivity contribution is 7.89. The molecule has 1 rings (SSSR count). The van der Waals surface area contributed by atoms with Gasteiger partial charge in [0.1, 0.15) is 0 Å². The first kappa shape index (κ1) is 17.9. The van der Waals surface area contributed by atoms with E-state index in [2.05, 4.69) is 23.9 Å². The van der Waals surface area contributed by atoms with E-state index in [9.17, 15) is 8.42 Å². The maximum atomic E-state index is 12.1. The lowest BCUT2D eigenvalue weighted by atomic mass is 10.2. The maximum Gasteiger partial charge on any atom is 0.240 e. The molecule has 0 aliphatic carbocycles. The Labute approximate surface area is 128 Å². The van der Waals surface area contributed by atoms with Gasteiger partial charge < -0.3 is 10.1 Å². The van der Waals surface area contributed by atoms with Gasteiger partial charge in [-0.25, -0.2) is 13.1 Å². The zero-order chi connectivity index (χ0) is 15.7. The highest BCUT2D eigenvalue weighted by atomic mass is 32.2. The summed E-state index contributed by atoms with van der Waals surface area (Å²) in [4.78, 5) is 0.284. The molecule has 2 N–H and O–H groups in total. The van der Waals surface area contributed by atoms with Crippen molar-refractivity contribution in [2.24, 2.45) is 5.92 Å². The summed E-state index contributed by atoms with van der Waals surface area (Å²) in [5.41, 5.74) is 0.915. The van der Waals surface area contributed by atoms with Crippen LogP contribution in [-0.4, -0.2) is 34.7 Å². The Morgan fingerprint density at radius 3 is 2.43 bits per heavy atom. The summed E-state index contributed by atoms with van der Waals surface area (Å²) in [6, 6.07) is 6.75. The van der Waals surface area contributed by atoms with Gasteiger partial charge in [-0.3, -0.25) is 0 Å². The van der Waals surface area contributed by atoms with Crippen LogP contribution in [0, 0.1) is 5.92 Å². The Morgan fingerprint density at radius 1 is 1.19 bits per heavy atom. The van der Waals surface area contributed by atoms with Crippen LogP contribution in [0.5, 0.6) is 0 Å². The second kappa shape index (κ2) is 9.02.